The Hall–Kier alpha value is -1.56. The van der Waals surface area contributed by atoms with Crippen molar-refractivity contribution in [3.63, 3.8) is 0 Å². The Morgan fingerprint density at radius 3 is 2.68 bits per heavy atom. The number of hydrogen-bond acceptors (Lipinski definition) is 4. The molecule has 0 fully saturated rings. The lowest BCUT2D eigenvalue weighted by atomic mass is 10.2. The van der Waals surface area contributed by atoms with E-state index in [0.717, 1.165) is 12.8 Å². The Morgan fingerprint density at radius 2 is 2.05 bits per heavy atom. The number of benzene rings is 1. The third-order valence-corrected chi connectivity index (χ3v) is 4.46. The van der Waals surface area contributed by atoms with Crippen molar-refractivity contribution in [3.8, 4) is 0 Å². The zero-order valence-corrected chi connectivity index (χ0v) is 12.1. The van der Waals surface area contributed by atoms with Crippen molar-refractivity contribution in [2.45, 2.75) is 31.6 Å². The third-order valence-electron chi connectivity index (χ3n) is 2.79. The molecule has 0 aromatic heterocycles. The fourth-order valence-corrected chi connectivity index (χ4v) is 3.02. The van der Waals surface area contributed by atoms with Crippen LogP contribution in [0.3, 0.4) is 0 Å². The van der Waals surface area contributed by atoms with E-state index in [1.165, 1.54) is 6.07 Å². The summed E-state index contributed by atoms with van der Waals surface area (Å²) in [4.78, 5) is 11.6. The van der Waals surface area contributed by atoms with Crippen molar-refractivity contribution in [1.82, 2.24) is 5.32 Å². The Balaban J connectivity index is 2.81. The molecule has 0 atom stereocenters. The van der Waals surface area contributed by atoms with Gasteiger partial charge >= 0.3 is 0 Å². The molecule has 0 heterocycles. The van der Waals surface area contributed by atoms with Crippen molar-refractivity contribution in [1.29, 1.82) is 0 Å². The SMILES string of the molecule is CCCCNC(=O)CS(=O)(=O)c1cccc(C)c1N. The topological polar surface area (TPSA) is 89.3 Å². The summed E-state index contributed by atoms with van der Waals surface area (Å²) in [5, 5.41) is 2.58. The quantitative estimate of drug-likeness (QED) is 0.608. The number of amides is 1. The van der Waals surface area contributed by atoms with Crippen molar-refractivity contribution in [2.24, 2.45) is 0 Å². The summed E-state index contributed by atoms with van der Waals surface area (Å²) in [6.07, 6.45) is 1.77. The Kier molecular flexibility index (Phi) is 5.35. The van der Waals surface area contributed by atoms with E-state index in [9.17, 15) is 13.2 Å². The van der Waals surface area contributed by atoms with Crippen LogP contribution in [0.2, 0.25) is 0 Å². The van der Waals surface area contributed by atoms with Gasteiger partial charge in [-0.2, -0.15) is 0 Å². The number of anilines is 1. The minimum atomic E-state index is -3.69. The molecule has 0 aliphatic heterocycles. The molecule has 0 saturated heterocycles. The van der Waals surface area contributed by atoms with Crippen LogP contribution in [-0.4, -0.2) is 26.6 Å². The molecule has 0 bridgehead atoms. The molecule has 0 saturated carbocycles. The van der Waals surface area contributed by atoms with Crippen LogP contribution in [0.4, 0.5) is 5.69 Å². The fourth-order valence-electron chi connectivity index (χ4n) is 1.63. The van der Waals surface area contributed by atoms with E-state index >= 15 is 0 Å². The number of carbonyl (C=O) groups excluding carboxylic acids is 1. The van der Waals surface area contributed by atoms with Gasteiger partial charge in [-0.15, -0.1) is 0 Å². The van der Waals surface area contributed by atoms with E-state index in [0.29, 0.717) is 12.1 Å². The molecular weight excluding hydrogens is 264 g/mol. The summed E-state index contributed by atoms with van der Waals surface area (Å²) in [7, 11) is -3.69. The zero-order chi connectivity index (χ0) is 14.5. The molecule has 0 unspecified atom stereocenters. The van der Waals surface area contributed by atoms with Crippen LogP contribution in [0.1, 0.15) is 25.3 Å². The summed E-state index contributed by atoms with van der Waals surface area (Å²) in [6, 6.07) is 4.78. The molecule has 5 nitrogen and oxygen atoms in total. The van der Waals surface area contributed by atoms with Gasteiger partial charge in [0.2, 0.25) is 5.91 Å². The smallest absolute Gasteiger partial charge is 0.235 e. The molecule has 19 heavy (non-hydrogen) atoms. The van der Waals surface area contributed by atoms with Gasteiger partial charge in [-0.1, -0.05) is 25.5 Å². The molecule has 1 rings (SSSR count). The molecule has 106 valence electrons. The predicted molar refractivity (Wildman–Crippen MR) is 75.6 cm³/mol. The van der Waals surface area contributed by atoms with E-state index < -0.39 is 21.5 Å². The van der Waals surface area contributed by atoms with Gasteiger partial charge in [-0.05, 0) is 25.0 Å². The minimum Gasteiger partial charge on any atom is -0.397 e. The number of nitrogens with one attached hydrogen (secondary N) is 1. The molecule has 1 amide bonds. The number of hydrogen-bond donors (Lipinski definition) is 2. The van der Waals surface area contributed by atoms with Crippen LogP contribution < -0.4 is 11.1 Å². The molecule has 1 aromatic rings. The van der Waals surface area contributed by atoms with Gasteiger partial charge < -0.3 is 11.1 Å². The van der Waals surface area contributed by atoms with Gasteiger partial charge in [0.25, 0.3) is 0 Å². The van der Waals surface area contributed by atoms with Crippen LogP contribution in [0.15, 0.2) is 23.1 Å². The van der Waals surface area contributed by atoms with Crippen molar-refractivity contribution in [2.75, 3.05) is 18.0 Å². The maximum absolute atomic E-state index is 12.1. The molecule has 0 aliphatic rings. The number of nitrogen functional groups attached to an aromatic ring is 1. The highest BCUT2D eigenvalue weighted by molar-refractivity contribution is 7.92. The average Bonchev–Trinajstić information content (AvgIpc) is 2.32. The number of nitrogens with two attached hydrogens (primary N) is 1. The highest BCUT2D eigenvalue weighted by atomic mass is 32.2. The second-order valence-corrected chi connectivity index (χ2v) is 6.41. The van der Waals surface area contributed by atoms with Crippen LogP contribution >= 0.6 is 0 Å². The molecule has 1 aromatic carbocycles. The van der Waals surface area contributed by atoms with E-state index in [-0.39, 0.29) is 10.6 Å². The van der Waals surface area contributed by atoms with E-state index in [2.05, 4.69) is 5.32 Å². The number of para-hydroxylation sites is 1. The van der Waals surface area contributed by atoms with Crippen molar-refractivity contribution < 1.29 is 13.2 Å². The lowest BCUT2D eigenvalue weighted by molar-refractivity contribution is -0.118. The van der Waals surface area contributed by atoms with Crippen molar-refractivity contribution >= 4 is 21.4 Å². The van der Waals surface area contributed by atoms with Gasteiger partial charge in [0, 0.05) is 6.54 Å². The van der Waals surface area contributed by atoms with E-state index in [1.54, 1.807) is 19.1 Å². The monoisotopic (exact) mass is 284 g/mol. The van der Waals surface area contributed by atoms with Crippen LogP contribution in [0, 0.1) is 6.92 Å². The van der Waals surface area contributed by atoms with Gasteiger partial charge in [-0.25, -0.2) is 8.42 Å². The number of sulfone groups is 1. The number of unbranched alkanes of at least 4 members (excludes halogenated alkanes) is 1. The second kappa shape index (κ2) is 6.56. The summed E-state index contributed by atoms with van der Waals surface area (Å²) >= 11 is 0. The third kappa shape index (κ3) is 4.24. The number of carbonyl (C=O) groups is 1. The maximum Gasteiger partial charge on any atom is 0.235 e. The van der Waals surface area contributed by atoms with Crippen LogP contribution in [0.25, 0.3) is 0 Å². The first kappa shape index (κ1) is 15.5. The molecule has 6 heteroatoms. The van der Waals surface area contributed by atoms with E-state index in [4.69, 9.17) is 5.73 Å². The number of rotatable bonds is 6. The normalized spacial score (nSPS) is 11.3. The second-order valence-electron chi connectivity index (χ2n) is 4.45. The highest BCUT2D eigenvalue weighted by Crippen LogP contribution is 2.22. The molecular formula is C13H20N2O3S. The van der Waals surface area contributed by atoms with Gasteiger partial charge in [0.1, 0.15) is 5.75 Å². The Labute approximate surface area is 114 Å². The summed E-state index contributed by atoms with van der Waals surface area (Å²) in [5.74, 6) is -1.06. The van der Waals surface area contributed by atoms with Gasteiger partial charge in [0.15, 0.2) is 9.84 Å². The van der Waals surface area contributed by atoms with Crippen LogP contribution in [0.5, 0.6) is 0 Å². The summed E-state index contributed by atoms with van der Waals surface area (Å²) < 4.78 is 24.2. The minimum absolute atomic E-state index is 0.0261. The van der Waals surface area contributed by atoms with Crippen LogP contribution in [-0.2, 0) is 14.6 Å². The van der Waals surface area contributed by atoms with E-state index in [1.807, 2.05) is 6.92 Å². The Bertz CT molecular complexity index is 553. The Morgan fingerprint density at radius 1 is 1.37 bits per heavy atom. The van der Waals surface area contributed by atoms with Crippen molar-refractivity contribution in [3.05, 3.63) is 23.8 Å². The first-order valence-corrected chi connectivity index (χ1v) is 7.88. The average molecular weight is 284 g/mol. The molecule has 0 aliphatic carbocycles. The highest BCUT2D eigenvalue weighted by Gasteiger charge is 2.22. The summed E-state index contributed by atoms with van der Waals surface area (Å²) in [6.45, 7) is 4.22. The fraction of sp³-hybridized carbons (Fsp3) is 0.462. The summed E-state index contributed by atoms with van der Waals surface area (Å²) in [5.41, 5.74) is 6.65. The standard InChI is InChI=1S/C13H20N2O3S/c1-3-4-8-15-12(16)9-19(17,18)11-7-5-6-10(2)13(11)14/h5-7H,3-4,8-9,14H2,1-2H3,(H,15,16). The molecule has 3 N–H and O–H groups in total. The lowest BCUT2D eigenvalue weighted by Crippen LogP contribution is -2.31. The largest absolute Gasteiger partial charge is 0.397 e. The predicted octanol–water partition coefficient (Wildman–Crippen LogP) is 1.27. The zero-order valence-electron chi connectivity index (χ0n) is 11.3. The maximum atomic E-state index is 12.1. The molecule has 0 spiro atoms. The van der Waals surface area contributed by atoms with Gasteiger partial charge in [-0.3, -0.25) is 4.79 Å². The van der Waals surface area contributed by atoms with Gasteiger partial charge in [0.05, 0.1) is 10.6 Å². The number of aryl methyl sites for hydroxylation is 1. The first-order valence-electron chi connectivity index (χ1n) is 6.23. The first-order chi connectivity index (χ1) is 8.88. The molecule has 0 radical (unpaired) electrons. The lowest BCUT2D eigenvalue weighted by Gasteiger charge is -2.09.